The summed E-state index contributed by atoms with van der Waals surface area (Å²) in [6, 6.07) is 3.41. The molecule has 0 bridgehead atoms. The Morgan fingerprint density at radius 2 is 2.36 bits per heavy atom. The van der Waals surface area contributed by atoms with Crippen molar-refractivity contribution >= 4 is 17.7 Å². The van der Waals surface area contributed by atoms with E-state index in [0.29, 0.717) is 22.1 Å². The van der Waals surface area contributed by atoms with Crippen LogP contribution >= 0.6 is 11.6 Å². The molecule has 0 atom stereocenters. The molecular weight excluding hydrogens is 206 g/mol. The van der Waals surface area contributed by atoms with E-state index in [0.717, 1.165) is 0 Å². The lowest BCUT2D eigenvalue weighted by Gasteiger charge is -2.03. The Morgan fingerprint density at radius 3 is 3.14 bits per heavy atom. The number of nitrogens with zero attached hydrogens (tertiary/aromatic N) is 1. The molecule has 0 radical (unpaired) electrons. The Kier molecular flexibility index (Phi) is 2.39. The molecule has 1 heterocycles. The van der Waals surface area contributed by atoms with Gasteiger partial charge in [-0.05, 0) is 12.1 Å². The Labute approximate surface area is 85.1 Å². The summed E-state index contributed by atoms with van der Waals surface area (Å²) in [5, 5.41) is 0.508. The number of carbonyl (C=O) groups excluding carboxylic acids is 1. The average molecular weight is 212 g/mol. The summed E-state index contributed by atoms with van der Waals surface area (Å²) < 4.78 is 10.4. The molecule has 2 rings (SSSR count). The summed E-state index contributed by atoms with van der Waals surface area (Å²) in [5.41, 5.74) is 0.657. The zero-order chi connectivity index (χ0) is 9.97. The van der Waals surface area contributed by atoms with Gasteiger partial charge in [-0.15, -0.1) is 0 Å². The molecule has 0 spiro atoms. The lowest BCUT2D eigenvalue weighted by molar-refractivity contribution is 0.173. The monoisotopic (exact) mass is 211 g/mol. The van der Waals surface area contributed by atoms with Gasteiger partial charge in [0.15, 0.2) is 11.5 Å². The highest BCUT2D eigenvalue weighted by atomic mass is 35.5. The van der Waals surface area contributed by atoms with E-state index < -0.39 is 0 Å². The molecule has 0 aliphatic carbocycles. The molecule has 72 valence electrons. The Morgan fingerprint density at radius 1 is 1.50 bits per heavy atom. The third kappa shape index (κ3) is 1.45. The molecule has 1 aliphatic rings. The summed E-state index contributed by atoms with van der Waals surface area (Å²) >= 11 is 5.92. The van der Waals surface area contributed by atoms with Gasteiger partial charge in [-0.3, -0.25) is 0 Å². The number of halogens is 1. The van der Waals surface area contributed by atoms with Crippen LogP contribution in [0.1, 0.15) is 5.56 Å². The summed E-state index contributed by atoms with van der Waals surface area (Å²) in [4.78, 5) is 13.4. The van der Waals surface area contributed by atoms with Crippen LogP contribution in [0.25, 0.3) is 0 Å². The van der Waals surface area contributed by atoms with E-state index in [4.69, 9.17) is 21.1 Å². The van der Waals surface area contributed by atoms with Crippen molar-refractivity contribution < 1.29 is 14.3 Å². The van der Waals surface area contributed by atoms with Crippen molar-refractivity contribution in [3.8, 4) is 11.5 Å². The van der Waals surface area contributed by atoms with Gasteiger partial charge < -0.3 is 9.47 Å². The second-order valence-electron chi connectivity index (χ2n) is 2.67. The van der Waals surface area contributed by atoms with E-state index in [1.165, 1.54) is 6.08 Å². The number of ether oxygens (including phenoxy) is 2. The van der Waals surface area contributed by atoms with Gasteiger partial charge in [0.05, 0.1) is 6.54 Å². The normalized spacial score (nSPS) is 12.4. The van der Waals surface area contributed by atoms with Crippen molar-refractivity contribution in [2.24, 2.45) is 4.99 Å². The predicted molar refractivity (Wildman–Crippen MR) is 49.4 cm³/mol. The molecule has 4 nitrogen and oxygen atoms in total. The van der Waals surface area contributed by atoms with E-state index in [1.54, 1.807) is 12.1 Å². The number of isocyanates is 1. The highest BCUT2D eigenvalue weighted by Gasteiger charge is 2.19. The van der Waals surface area contributed by atoms with Gasteiger partial charge in [-0.2, -0.15) is 0 Å². The zero-order valence-electron chi connectivity index (χ0n) is 7.12. The molecule has 0 N–H and O–H groups in total. The van der Waals surface area contributed by atoms with Crippen LogP contribution in [0.3, 0.4) is 0 Å². The lowest BCUT2D eigenvalue weighted by atomic mass is 10.2. The van der Waals surface area contributed by atoms with Crippen LogP contribution < -0.4 is 9.47 Å². The van der Waals surface area contributed by atoms with Crippen LogP contribution in [0.2, 0.25) is 5.02 Å². The SMILES string of the molecule is O=C=NCc1c(Cl)ccc2c1OCO2. The van der Waals surface area contributed by atoms with Crippen molar-refractivity contribution in [2.75, 3.05) is 6.79 Å². The van der Waals surface area contributed by atoms with Crippen molar-refractivity contribution in [1.82, 2.24) is 0 Å². The summed E-state index contributed by atoms with van der Waals surface area (Å²) in [7, 11) is 0. The molecule has 0 saturated heterocycles. The van der Waals surface area contributed by atoms with Crippen LogP contribution in [-0.2, 0) is 11.3 Å². The molecular formula is C9H6ClNO3. The number of fused-ring (bicyclic) bond motifs is 1. The van der Waals surface area contributed by atoms with E-state index in [-0.39, 0.29) is 13.3 Å². The number of aliphatic imine (C=N–C) groups is 1. The molecule has 5 heteroatoms. The van der Waals surface area contributed by atoms with Gasteiger partial charge in [0.1, 0.15) is 0 Å². The quantitative estimate of drug-likeness (QED) is 0.555. The van der Waals surface area contributed by atoms with Crippen LogP contribution in [0.4, 0.5) is 0 Å². The Bertz CT molecular complexity index is 413. The van der Waals surface area contributed by atoms with Gasteiger partial charge in [0.25, 0.3) is 0 Å². The lowest BCUT2D eigenvalue weighted by Crippen LogP contribution is -1.94. The molecule has 1 aliphatic heterocycles. The summed E-state index contributed by atoms with van der Waals surface area (Å²) in [6.07, 6.45) is 1.45. The van der Waals surface area contributed by atoms with Gasteiger partial charge in [-0.25, -0.2) is 9.79 Å². The first-order valence-electron chi connectivity index (χ1n) is 3.93. The van der Waals surface area contributed by atoms with Crippen molar-refractivity contribution in [1.29, 1.82) is 0 Å². The summed E-state index contributed by atoms with van der Waals surface area (Å²) in [6.45, 7) is 0.336. The highest BCUT2D eigenvalue weighted by Crippen LogP contribution is 2.39. The molecule has 0 amide bonds. The second-order valence-corrected chi connectivity index (χ2v) is 3.07. The minimum Gasteiger partial charge on any atom is -0.454 e. The molecule has 14 heavy (non-hydrogen) atoms. The second kappa shape index (κ2) is 3.70. The van der Waals surface area contributed by atoms with E-state index in [9.17, 15) is 4.79 Å². The maximum atomic E-state index is 9.98. The van der Waals surface area contributed by atoms with E-state index in [2.05, 4.69) is 4.99 Å². The van der Waals surface area contributed by atoms with Crippen LogP contribution in [0.15, 0.2) is 17.1 Å². The average Bonchev–Trinajstić information content (AvgIpc) is 2.64. The molecule has 1 aromatic rings. The van der Waals surface area contributed by atoms with Gasteiger partial charge in [0.2, 0.25) is 12.9 Å². The topological polar surface area (TPSA) is 47.9 Å². The van der Waals surface area contributed by atoms with Crippen molar-refractivity contribution in [2.45, 2.75) is 6.54 Å². The van der Waals surface area contributed by atoms with Crippen molar-refractivity contribution in [3.05, 3.63) is 22.7 Å². The maximum absolute atomic E-state index is 9.98. The molecule has 0 fully saturated rings. The third-order valence-electron chi connectivity index (χ3n) is 1.89. The number of benzene rings is 1. The van der Waals surface area contributed by atoms with Gasteiger partial charge in [-0.1, -0.05) is 11.6 Å². The van der Waals surface area contributed by atoms with Crippen LogP contribution in [0.5, 0.6) is 11.5 Å². The minimum atomic E-state index is 0.162. The fourth-order valence-electron chi connectivity index (χ4n) is 1.26. The first-order chi connectivity index (χ1) is 6.83. The van der Waals surface area contributed by atoms with Gasteiger partial charge in [0, 0.05) is 10.6 Å². The third-order valence-corrected chi connectivity index (χ3v) is 2.24. The van der Waals surface area contributed by atoms with Crippen molar-refractivity contribution in [3.63, 3.8) is 0 Å². The maximum Gasteiger partial charge on any atom is 0.235 e. The summed E-state index contributed by atoms with van der Waals surface area (Å²) in [5.74, 6) is 1.20. The standard InChI is InChI=1S/C9H6ClNO3/c10-7-1-2-8-9(14-5-13-8)6(7)3-11-4-12/h1-2H,3,5H2. The first kappa shape index (κ1) is 9.06. The van der Waals surface area contributed by atoms with E-state index in [1.807, 2.05) is 0 Å². The largest absolute Gasteiger partial charge is 0.454 e. The highest BCUT2D eigenvalue weighted by molar-refractivity contribution is 6.31. The van der Waals surface area contributed by atoms with Crippen LogP contribution in [0, 0.1) is 0 Å². The Balaban J connectivity index is 2.45. The molecule has 0 saturated carbocycles. The number of hydrogen-bond acceptors (Lipinski definition) is 4. The zero-order valence-corrected chi connectivity index (χ0v) is 7.87. The van der Waals surface area contributed by atoms with Gasteiger partial charge >= 0.3 is 0 Å². The van der Waals surface area contributed by atoms with Crippen LogP contribution in [-0.4, -0.2) is 12.9 Å². The fraction of sp³-hybridized carbons (Fsp3) is 0.222. The smallest absolute Gasteiger partial charge is 0.235 e. The molecule has 0 unspecified atom stereocenters. The molecule has 1 aromatic carbocycles. The Hall–Kier alpha value is -1.51. The molecule has 0 aromatic heterocycles. The predicted octanol–water partition coefficient (Wildman–Crippen LogP) is 1.90. The number of rotatable bonds is 2. The first-order valence-corrected chi connectivity index (χ1v) is 4.31. The van der Waals surface area contributed by atoms with E-state index >= 15 is 0 Å². The minimum absolute atomic E-state index is 0.162. The number of hydrogen-bond donors (Lipinski definition) is 0. The fourth-order valence-corrected chi connectivity index (χ4v) is 1.47.